The molecular weight excluding hydrogens is 312 g/mol. The molecule has 0 bridgehead atoms. The summed E-state index contributed by atoms with van der Waals surface area (Å²) in [6, 6.07) is 7.29. The molecule has 0 saturated carbocycles. The minimum atomic E-state index is -0.407. The average molecular weight is 333 g/mol. The van der Waals surface area contributed by atoms with Gasteiger partial charge in [0.1, 0.15) is 11.6 Å². The molecule has 2 rings (SSSR count). The molecule has 1 aromatic rings. The van der Waals surface area contributed by atoms with E-state index in [1.165, 1.54) is 0 Å². The first-order valence-electron chi connectivity index (χ1n) is 7.70. The van der Waals surface area contributed by atoms with E-state index in [0.717, 1.165) is 38.3 Å². The van der Waals surface area contributed by atoms with Crippen molar-refractivity contribution in [2.24, 2.45) is 0 Å². The van der Waals surface area contributed by atoms with E-state index in [2.05, 4.69) is 17.1 Å². The maximum absolute atomic E-state index is 12.3. The minimum absolute atomic E-state index is 0.106. The normalized spacial score (nSPS) is 16.1. The highest BCUT2D eigenvalue weighted by molar-refractivity contribution is 6.31. The zero-order valence-electron chi connectivity index (χ0n) is 13.5. The van der Waals surface area contributed by atoms with Crippen LogP contribution in [-0.4, -0.2) is 48.4 Å². The van der Waals surface area contributed by atoms with Gasteiger partial charge in [0.15, 0.2) is 0 Å². The second-order valence-corrected chi connectivity index (χ2v) is 5.90. The molecule has 1 aromatic carbocycles. The van der Waals surface area contributed by atoms with Crippen LogP contribution >= 0.6 is 11.6 Å². The lowest BCUT2D eigenvalue weighted by Gasteiger charge is -2.33. The first kappa shape index (κ1) is 17.3. The summed E-state index contributed by atoms with van der Waals surface area (Å²) < 4.78 is 0. The topological polar surface area (TPSA) is 59.4 Å². The van der Waals surface area contributed by atoms with Gasteiger partial charge in [0.25, 0.3) is 5.91 Å². The van der Waals surface area contributed by atoms with Gasteiger partial charge in [-0.1, -0.05) is 24.6 Å². The quantitative estimate of drug-likeness (QED) is 0.680. The molecule has 1 amide bonds. The fraction of sp³-hybridized carbons (Fsp3) is 0.412. The van der Waals surface area contributed by atoms with E-state index in [-0.39, 0.29) is 5.57 Å². The molecule has 0 aromatic heterocycles. The van der Waals surface area contributed by atoms with Gasteiger partial charge in [-0.05, 0) is 31.2 Å². The molecule has 122 valence electrons. The Labute approximate surface area is 142 Å². The van der Waals surface area contributed by atoms with Gasteiger partial charge in [-0.15, -0.1) is 0 Å². The minimum Gasteiger partial charge on any atom is -0.374 e. The van der Waals surface area contributed by atoms with Crippen molar-refractivity contribution in [3.8, 4) is 6.07 Å². The molecule has 1 heterocycles. The van der Waals surface area contributed by atoms with Crippen LogP contribution in [0.5, 0.6) is 0 Å². The van der Waals surface area contributed by atoms with Gasteiger partial charge < -0.3 is 15.1 Å². The Bertz CT molecular complexity index is 642. The fourth-order valence-corrected chi connectivity index (χ4v) is 2.64. The number of nitrogens with zero attached hydrogens (tertiary/aromatic N) is 3. The second kappa shape index (κ2) is 8.00. The monoisotopic (exact) mass is 332 g/mol. The van der Waals surface area contributed by atoms with Crippen molar-refractivity contribution < 1.29 is 4.79 Å². The molecular formula is C17H21ClN4O. The van der Waals surface area contributed by atoms with E-state index in [9.17, 15) is 10.1 Å². The van der Waals surface area contributed by atoms with Crippen molar-refractivity contribution >= 4 is 23.2 Å². The molecule has 6 heteroatoms. The van der Waals surface area contributed by atoms with Crippen molar-refractivity contribution in [3.05, 3.63) is 40.6 Å². The van der Waals surface area contributed by atoms with Gasteiger partial charge in [-0.3, -0.25) is 4.79 Å². The number of carbonyl (C=O) groups excluding carboxylic acids is 1. The van der Waals surface area contributed by atoms with Crippen molar-refractivity contribution in [1.29, 1.82) is 5.26 Å². The lowest BCUT2D eigenvalue weighted by molar-refractivity contribution is -0.112. The van der Waals surface area contributed by atoms with Crippen molar-refractivity contribution in [1.82, 2.24) is 9.80 Å². The number of carbonyl (C=O) groups is 1. The molecule has 1 saturated heterocycles. The fourth-order valence-electron chi connectivity index (χ4n) is 2.46. The molecule has 0 spiro atoms. The largest absolute Gasteiger partial charge is 0.374 e. The first-order chi connectivity index (χ1) is 11.0. The van der Waals surface area contributed by atoms with Gasteiger partial charge >= 0.3 is 0 Å². The number of anilines is 1. The summed E-state index contributed by atoms with van der Waals surface area (Å²) in [5.74, 6) is -0.407. The molecule has 1 aliphatic heterocycles. The van der Waals surface area contributed by atoms with E-state index in [1.807, 2.05) is 17.9 Å². The van der Waals surface area contributed by atoms with E-state index in [1.54, 1.807) is 24.4 Å². The molecule has 0 aliphatic carbocycles. The number of nitrogens with one attached hydrogen (secondary N) is 1. The number of rotatable bonds is 4. The Balaban J connectivity index is 2.06. The van der Waals surface area contributed by atoms with Crippen LogP contribution in [0.4, 0.5) is 5.69 Å². The third-order valence-corrected chi connectivity index (χ3v) is 4.46. The highest BCUT2D eigenvalue weighted by atomic mass is 35.5. The van der Waals surface area contributed by atoms with Crippen LogP contribution in [-0.2, 0) is 4.79 Å². The molecule has 0 unspecified atom stereocenters. The molecule has 1 aliphatic rings. The standard InChI is InChI=1S/C17H21ClN4O/c1-3-21-7-9-22(10-8-21)12-14(11-19)17(23)20-16-6-4-5-15(18)13(16)2/h4-6,12H,3,7-10H2,1-2H3,(H,20,23)/b14-12-. The second-order valence-electron chi connectivity index (χ2n) is 5.49. The lowest BCUT2D eigenvalue weighted by Crippen LogP contribution is -2.44. The van der Waals surface area contributed by atoms with Crippen LogP contribution in [0.1, 0.15) is 12.5 Å². The Morgan fingerprint density at radius 1 is 1.39 bits per heavy atom. The third kappa shape index (κ3) is 4.47. The van der Waals surface area contributed by atoms with Crippen molar-refractivity contribution in [2.45, 2.75) is 13.8 Å². The first-order valence-corrected chi connectivity index (χ1v) is 8.07. The number of likely N-dealkylation sites (N-methyl/N-ethyl adjacent to an activating group) is 1. The lowest BCUT2D eigenvalue weighted by atomic mass is 10.2. The summed E-state index contributed by atoms with van der Waals surface area (Å²) in [6.45, 7) is 8.52. The van der Waals surface area contributed by atoms with Crippen molar-refractivity contribution in [3.63, 3.8) is 0 Å². The summed E-state index contributed by atoms with van der Waals surface area (Å²) in [5.41, 5.74) is 1.52. The molecule has 1 fully saturated rings. The Hall–Kier alpha value is -2.03. The highest BCUT2D eigenvalue weighted by Gasteiger charge is 2.17. The SMILES string of the molecule is CCN1CCN(/C=C(/C#N)C(=O)Nc2cccc(Cl)c2C)CC1. The summed E-state index contributed by atoms with van der Waals surface area (Å²) in [5, 5.41) is 12.6. The number of hydrogen-bond donors (Lipinski definition) is 1. The van der Waals surface area contributed by atoms with E-state index in [4.69, 9.17) is 11.6 Å². The summed E-state index contributed by atoms with van der Waals surface area (Å²) in [7, 11) is 0. The van der Waals surface area contributed by atoms with Gasteiger partial charge in [0.2, 0.25) is 0 Å². The maximum atomic E-state index is 12.3. The Morgan fingerprint density at radius 3 is 2.70 bits per heavy atom. The summed E-state index contributed by atoms with van der Waals surface area (Å²) >= 11 is 6.05. The van der Waals surface area contributed by atoms with Crippen LogP contribution in [0, 0.1) is 18.3 Å². The smallest absolute Gasteiger partial charge is 0.267 e. The zero-order chi connectivity index (χ0) is 16.8. The zero-order valence-corrected chi connectivity index (χ0v) is 14.2. The van der Waals surface area contributed by atoms with Crippen LogP contribution in [0.25, 0.3) is 0 Å². The molecule has 23 heavy (non-hydrogen) atoms. The number of nitriles is 1. The summed E-state index contributed by atoms with van der Waals surface area (Å²) in [4.78, 5) is 16.7. The predicted molar refractivity (Wildman–Crippen MR) is 92.2 cm³/mol. The van der Waals surface area contributed by atoms with Gasteiger partial charge in [-0.2, -0.15) is 5.26 Å². The maximum Gasteiger partial charge on any atom is 0.267 e. The average Bonchev–Trinajstić information content (AvgIpc) is 2.57. The van der Waals surface area contributed by atoms with Crippen LogP contribution in [0.3, 0.4) is 0 Å². The van der Waals surface area contributed by atoms with Gasteiger partial charge in [0, 0.05) is 43.1 Å². The summed E-state index contributed by atoms with van der Waals surface area (Å²) in [6.07, 6.45) is 1.65. The number of benzene rings is 1. The molecule has 0 atom stereocenters. The van der Waals surface area contributed by atoms with E-state index >= 15 is 0 Å². The molecule has 5 nitrogen and oxygen atoms in total. The van der Waals surface area contributed by atoms with Crippen molar-refractivity contribution in [2.75, 3.05) is 38.0 Å². The molecule has 0 radical (unpaired) electrons. The number of hydrogen-bond acceptors (Lipinski definition) is 4. The molecule has 1 N–H and O–H groups in total. The van der Waals surface area contributed by atoms with Crippen LogP contribution in [0.2, 0.25) is 5.02 Å². The van der Waals surface area contributed by atoms with Crippen LogP contribution in [0.15, 0.2) is 30.0 Å². The highest BCUT2D eigenvalue weighted by Crippen LogP contribution is 2.23. The number of amides is 1. The van der Waals surface area contributed by atoms with Gasteiger partial charge in [-0.25, -0.2) is 0 Å². The van der Waals surface area contributed by atoms with Gasteiger partial charge in [0.05, 0.1) is 0 Å². The Kier molecular flexibility index (Phi) is 6.03. The number of halogens is 1. The Morgan fingerprint density at radius 2 is 2.09 bits per heavy atom. The third-order valence-electron chi connectivity index (χ3n) is 4.05. The number of piperazine rings is 1. The van der Waals surface area contributed by atoms with Crippen LogP contribution < -0.4 is 5.32 Å². The van der Waals surface area contributed by atoms with E-state index < -0.39 is 5.91 Å². The van der Waals surface area contributed by atoms with E-state index in [0.29, 0.717) is 10.7 Å². The predicted octanol–water partition coefficient (Wildman–Crippen LogP) is 2.63.